The van der Waals surface area contributed by atoms with Gasteiger partial charge in [0.25, 0.3) is 0 Å². The van der Waals surface area contributed by atoms with E-state index in [1.54, 1.807) is 38.1 Å². The maximum absolute atomic E-state index is 11.8. The minimum Gasteiger partial charge on any atom is -0.378 e. The topological polar surface area (TPSA) is 63.2 Å². The van der Waals surface area contributed by atoms with Gasteiger partial charge in [-0.1, -0.05) is 0 Å². The lowest BCUT2D eigenvalue weighted by atomic mass is 10.3. The van der Waals surface area contributed by atoms with Gasteiger partial charge in [-0.15, -0.1) is 0 Å². The smallest absolute Gasteiger partial charge is 0.180 e. The molecule has 0 radical (unpaired) electrons. The number of hydrogen-bond donors (Lipinski definition) is 1. The number of sulfone groups is 1. The molecule has 0 heterocycles. The second-order valence-corrected chi connectivity index (χ2v) is 6.17. The van der Waals surface area contributed by atoms with E-state index in [2.05, 4.69) is 5.32 Å². The second-order valence-electron chi connectivity index (χ2n) is 3.67. The van der Waals surface area contributed by atoms with Gasteiger partial charge in [0.1, 0.15) is 6.29 Å². The zero-order valence-electron chi connectivity index (χ0n) is 9.30. The molecule has 0 aliphatic carbocycles. The van der Waals surface area contributed by atoms with Crippen LogP contribution in [0.2, 0.25) is 0 Å². The maximum Gasteiger partial charge on any atom is 0.180 e. The lowest BCUT2D eigenvalue weighted by Gasteiger charge is -2.08. The molecule has 0 aromatic heterocycles. The van der Waals surface area contributed by atoms with E-state index in [1.165, 1.54) is 0 Å². The van der Waals surface area contributed by atoms with E-state index in [4.69, 9.17) is 0 Å². The molecule has 0 bridgehead atoms. The van der Waals surface area contributed by atoms with Crippen LogP contribution in [0.15, 0.2) is 29.2 Å². The second kappa shape index (κ2) is 5.12. The zero-order chi connectivity index (χ0) is 12.2. The summed E-state index contributed by atoms with van der Waals surface area (Å²) in [5.74, 6) is 0. The molecule has 0 amide bonds. The van der Waals surface area contributed by atoms with E-state index in [1.807, 2.05) is 0 Å². The van der Waals surface area contributed by atoms with Crippen molar-refractivity contribution in [2.75, 3.05) is 11.9 Å². The van der Waals surface area contributed by atoms with Crippen LogP contribution in [-0.4, -0.2) is 26.5 Å². The first-order valence-electron chi connectivity index (χ1n) is 5.00. The van der Waals surface area contributed by atoms with Crippen molar-refractivity contribution in [1.82, 2.24) is 0 Å². The van der Waals surface area contributed by atoms with Gasteiger partial charge in [0, 0.05) is 5.69 Å². The molecule has 0 saturated carbocycles. The van der Waals surface area contributed by atoms with Crippen LogP contribution in [0.1, 0.15) is 13.8 Å². The highest BCUT2D eigenvalue weighted by Crippen LogP contribution is 2.18. The maximum atomic E-state index is 11.8. The Bertz CT molecular complexity index is 449. The minimum absolute atomic E-state index is 0.219. The first kappa shape index (κ1) is 12.7. The van der Waals surface area contributed by atoms with Gasteiger partial charge in [0.2, 0.25) is 0 Å². The summed E-state index contributed by atoms with van der Waals surface area (Å²) in [6.07, 6.45) is 0.749. The Morgan fingerprint density at radius 1 is 1.25 bits per heavy atom. The third-order valence-corrected chi connectivity index (χ3v) is 4.36. The minimum atomic E-state index is -3.21. The number of carbonyl (C=O) groups is 1. The Morgan fingerprint density at radius 2 is 1.81 bits per heavy atom. The van der Waals surface area contributed by atoms with Crippen molar-refractivity contribution in [2.24, 2.45) is 0 Å². The van der Waals surface area contributed by atoms with E-state index < -0.39 is 15.1 Å². The summed E-state index contributed by atoms with van der Waals surface area (Å²) in [6, 6.07) is 6.39. The molecule has 1 aromatic carbocycles. The molecule has 0 aliphatic rings. The first-order chi connectivity index (χ1) is 7.48. The molecular formula is C11H15NO3S. The lowest BCUT2D eigenvalue weighted by molar-refractivity contribution is -0.106. The number of carbonyl (C=O) groups excluding carboxylic acids is 1. The predicted octanol–water partition coefficient (Wildman–Crippen LogP) is 1.48. The molecule has 4 nitrogen and oxygen atoms in total. The van der Waals surface area contributed by atoms with Gasteiger partial charge in [0.15, 0.2) is 9.84 Å². The third kappa shape index (κ3) is 2.82. The van der Waals surface area contributed by atoms with Crippen LogP contribution in [0, 0.1) is 0 Å². The normalized spacial score (nSPS) is 11.4. The molecule has 0 saturated heterocycles. The van der Waals surface area contributed by atoms with Crippen molar-refractivity contribution in [1.29, 1.82) is 0 Å². The van der Waals surface area contributed by atoms with E-state index >= 15 is 0 Å². The predicted molar refractivity (Wildman–Crippen MR) is 63.3 cm³/mol. The van der Waals surface area contributed by atoms with Crippen LogP contribution < -0.4 is 5.32 Å². The zero-order valence-corrected chi connectivity index (χ0v) is 10.1. The Labute approximate surface area is 95.6 Å². The molecule has 0 unspecified atom stereocenters. The van der Waals surface area contributed by atoms with E-state index in [-0.39, 0.29) is 6.54 Å². The van der Waals surface area contributed by atoms with Crippen LogP contribution in [0.5, 0.6) is 0 Å². The molecule has 0 spiro atoms. The van der Waals surface area contributed by atoms with Gasteiger partial charge >= 0.3 is 0 Å². The molecule has 1 aromatic rings. The number of aldehydes is 1. The summed E-state index contributed by atoms with van der Waals surface area (Å²) in [5, 5.41) is 2.41. The van der Waals surface area contributed by atoms with Crippen molar-refractivity contribution in [3.05, 3.63) is 24.3 Å². The first-order valence-corrected chi connectivity index (χ1v) is 6.54. The molecule has 0 atom stereocenters. The van der Waals surface area contributed by atoms with Crippen molar-refractivity contribution in [2.45, 2.75) is 24.0 Å². The van der Waals surface area contributed by atoms with Crippen LogP contribution in [0.3, 0.4) is 0 Å². The summed E-state index contributed by atoms with van der Waals surface area (Å²) in [4.78, 5) is 10.4. The average Bonchev–Trinajstić information content (AvgIpc) is 2.26. The van der Waals surface area contributed by atoms with Crippen LogP contribution >= 0.6 is 0 Å². The van der Waals surface area contributed by atoms with E-state index in [9.17, 15) is 13.2 Å². The quantitative estimate of drug-likeness (QED) is 0.793. The van der Waals surface area contributed by atoms with Crippen LogP contribution in [-0.2, 0) is 14.6 Å². The summed E-state index contributed by atoms with van der Waals surface area (Å²) < 4.78 is 23.6. The average molecular weight is 241 g/mol. The Kier molecular flexibility index (Phi) is 4.06. The standard InChI is InChI=1S/C11H15NO3S/c1-9(2)16(14,15)11-5-3-10(4-6-11)12-7-8-13/h3-6,8-9,12H,7H2,1-2H3. The molecule has 16 heavy (non-hydrogen) atoms. The van der Waals surface area contributed by atoms with Crippen molar-refractivity contribution >= 4 is 21.8 Å². The monoisotopic (exact) mass is 241 g/mol. The third-order valence-electron chi connectivity index (χ3n) is 2.19. The fourth-order valence-electron chi connectivity index (χ4n) is 1.19. The highest BCUT2D eigenvalue weighted by Gasteiger charge is 2.18. The number of rotatable bonds is 5. The molecule has 88 valence electrons. The Hall–Kier alpha value is -1.36. The van der Waals surface area contributed by atoms with E-state index in [0.717, 1.165) is 12.0 Å². The summed E-state index contributed by atoms with van der Waals surface area (Å²) >= 11 is 0. The number of benzene rings is 1. The molecule has 0 fully saturated rings. The Balaban J connectivity index is 2.91. The molecule has 5 heteroatoms. The van der Waals surface area contributed by atoms with Crippen molar-refractivity contribution < 1.29 is 13.2 Å². The number of anilines is 1. The van der Waals surface area contributed by atoms with Gasteiger partial charge < -0.3 is 10.1 Å². The molecular weight excluding hydrogens is 226 g/mol. The summed E-state index contributed by atoms with van der Waals surface area (Å²) in [5.41, 5.74) is 0.731. The molecule has 1 N–H and O–H groups in total. The van der Waals surface area contributed by atoms with Crippen LogP contribution in [0.4, 0.5) is 5.69 Å². The fourth-order valence-corrected chi connectivity index (χ4v) is 2.25. The summed E-state index contributed by atoms with van der Waals surface area (Å²) in [7, 11) is -3.21. The summed E-state index contributed by atoms with van der Waals surface area (Å²) in [6.45, 7) is 3.51. The van der Waals surface area contributed by atoms with Gasteiger partial charge in [0.05, 0.1) is 16.7 Å². The van der Waals surface area contributed by atoms with Crippen LogP contribution in [0.25, 0.3) is 0 Å². The molecule has 1 rings (SSSR count). The van der Waals surface area contributed by atoms with Gasteiger partial charge in [-0.25, -0.2) is 8.42 Å². The Morgan fingerprint density at radius 3 is 2.25 bits per heavy atom. The number of hydrogen-bond acceptors (Lipinski definition) is 4. The largest absolute Gasteiger partial charge is 0.378 e. The van der Waals surface area contributed by atoms with E-state index in [0.29, 0.717) is 4.90 Å². The van der Waals surface area contributed by atoms with Crippen molar-refractivity contribution in [3.63, 3.8) is 0 Å². The molecule has 0 aliphatic heterocycles. The highest BCUT2D eigenvalue weighted by atomic mass is 32.2. The number of nitrogens with one attached hydrogen (secondary N) is 1. The van der Waals surface area contributed by atoms with Gasteiger partial charge in [-0.2, -0.15) is 0 Å². The SMILES string of the molecule is CC(C)S(=O)(=O)c1ccc(NCC=O)cc1. The van der Waals surface area contributed by atoms with Gasteiger partial charge in [-0.3, -0.25) is 0 Å². The highest BCUT2D eigenvalue weighted by molar-refractivity contribution is 7.92. The fraction of sp³-hybridized carbons (Fsp3) is 0.364. The van der Waals surface area contributed by atoms with Crippen molar-refractivity contribution in [3.8, 4) is 0 Å². The lowest BCUT2D eigenvalue weighted by Crippen LogP contribution is -2.13. The van der Waals surface area contributed by atoms with Gasteiger partial charge in [-0.05, 0) is 38.1 Å².